The molecule has 3 nitrogen and oxygen atoms in total. The summed E-state index contributed by atoms with van der Waals surface area (Å²) in [6, 6.07) is 5.51. The molecular formula is C18H18F3NO2. The van der Waals surface area contributed by atoms with Gasteiger partial charge in [-0.25, -0.2) is 13.2 Å². The Hall–Kier alpha value is -2.50. The van der Waals surface area contributed by atoms with Crippen molar-refractivity contribution < 1.29 is 22.7 Å². The van der Waals surface area contributed by atoms with E-state index in [1.807, 2.05) is 32.9 Å². The van der Waals surface area contributed by atoms with E-state index < -0.39 is 28.9 Å². The molecule has 0 atom stereocenters. The van der Waals surface area contributed by atoms with Gasteiger partial charge in [0.1, 0.15) is 12.4 Å². The molecule has 0 heterocycles. The summed E-state index contributed by atoms with van der Waals surface area (Å²) in [4.78, 5) is 11.8. The van der Waals surface area contributed by atoms with Crippen molar-refractivity contribution in [2.45, 2.75) is 20.8 Å². The van der Waals surface area contributed by atoms with Crippen LogP contribution in [-0.4, -0.2) is 19.1 Å². The molecule has 0 saturated carbocycles. The maximum absolute atomic E-state index is 13.5. The van der Waals surface area contributed by atoms with Crippen LogP contribution >= 0.6 is 0 Å². The van der Waals surface area contributed by atoms with Crippen LogP contribution in [0.15, 0.2) is 24.3 Å². The third kappa shape index (κ3) is 3.88. The first kappa shape index (κ1) is 17.8. The molecule has 0 radical (unpaired) electrons. The number of halogens is 3. The van der Waals surface area contributed by atoms with Crippen LogP contribution in [0.3, 0.4) is 0 Å². The van der Waals surface area contributed by atoms with Gasteiger partial charge in [-0.05, 0) is 55.7 Å². The summed E-state index contributed by atoms with van der Waals surface area (Å²) < 4.78 is 45.1. The maximum Gasteiger partial charge on any atom is 0.254 e. The second-order valence-electron chi connectivity index (χ2n) is 5.53. The zero-order valence-electron chi connectivity index (χ0n) is 13.7. The fraction of sp³-hybridized carbons (Fsp3) is 0.278. The molecule has 1 N–H and O–H groups in total. The zero-order valence-corrected chi connectivity index (χ0v) is 13.7. The van der Waals surface area contributed by atoms with Crippen molar-refractivity contribution in [2.24, 2.45) is 0 Å². The molecule has 2 aromatic carbocycles. The Balaban J connectivity index is 1.92. The number of benzene rings is 2. The normalized spacial score (nSPS) is 10.6. The van der Waals surface area contributed by atoms with Crippen molar-refractivity contribution in [3.05, 3.63) is 64.0 Å². The first-order valence-corrected chi connectivity index (χ1v) is 7.43. The summed E-state index contributed by atoms with van der Waals surface area (Å²) in [5.74, 6) is -4.63. The highest BCUT2D eigenvalue weighted by Crippen LogP contribution is 2.22. The van der Waals surface area contributed by atoms with Crippen LogP contribution in [-0.2, 0) is 0 Å². The molecule has 0 saturated heterocycles. The van der Waals surface area contributed by atoms with Gasteiger partial charge >= 0.3 is 0 Å². The van der Waals surface area contributed by atoms with Gasteiger partial charge in [0.2, 0.25) is 0 Å². The number of amides is 1. The minimum Gasteiger partial charge on any atom is -0.491 e. The van der Waals surface area contributed by atoms with Gasteiger partial charge in [0.05, 0.1) is 12.1 Å². The van der Waals surface area contributed by atoms with Gasteiger partial charge in [0.25, 0.3) is 5.91 Å². The molecule has 0 aliphatic carbocycles. The first-order valence-electron chi connectivity index (χ1n) is 7.43. The van der Waals surface area contributed by atoms with Crippen molar-refractivity contribution >= 4 is 5.91 Å². The summed E-state index contributed by atoms with van der Waals surface area (Å²) >= 11 is 0. The molecule has 0 aliphatic heterocycles. The lowest BCUT2D eigenvalue weighted by molar-refractivity contribution is 0.0941. The fourth-order valence-electron chi connectivity index (χ4n) is 2.21. The van der Waals surface area contributed by atoms with E-state index in [2.05, 4.69) is 5.32 Å². The predicted octanol–water partition coefficient (Wildman–Crippen LogP) is 3.84. The Morgan fingerprint density at radius 3 is 2.38 bits per heavy atom. The molecule has 0 bridgehead atoms. The van der Waals surface area contributed by atoms with Gasteiger partial charge in [-0.1, -0.05) is 6.07 Å². The van der Waals surface area contributed by atoms with E-state index in [0.717, 1.165) is 22.8 Å². The summed E-state index contributed by atoms with van der Waals surface area (Å²) in [6.45, 7) is 6.15. The highest BCUT2D eigenvalue weighted by Gasteiger charge is 2.18. The van der Waals surface area contributed by atoms with Crippen LogP contribution in [0.25, 0.3) is 0 Å². The summed E-state index contributed by atoms with van der Waals surface area (Å²) in [7, 11) is 0. The highest BCUT2D eigenvalue weighted by atomic mass is 19.2. The molecule has 2 aromatic rings. The molecule has 0 spiro atoms. The fourth-order valence-corrected chi connectivity index (χ4v) is 2.21. The summed E-state index contributed by atoms with van der Waals surface area (Å²) in [5, 5.41) is 2.41. The monoisotopic (exact) mass is 337 g/mol. The van der Waals surface area contributed by atoms with E-state index in [4.69, 9.17) is 4.74 Å². The van der Waals surface area contributed by atoms with E-state index in [-0.39, 0.29) is 13.2 Å². The van der Waals surface area contributed by atoms with Crippen molar-refractivity contribution in [3.63, 3.8) is 0 Å². The lowest BCUT2D eigenvalue weighted by Crippen LogP contribution is -2.29. The third-order valence-corrected chi connectivity index (χ3v) is 3.72. The van der Waals surface area contributed by atoms with Crippen molar-refractivity contribution in [2.75, 3.05) is 13.2 Å². The number of hydrogen-bond donors (Lipinski definition) is 1. The number of aryl methyl sites for hydroxylation is 3. The van der Waals surface area contributed by atoms with E-state index in [9.17, 15) is 18.0 Å². The largest absolute Gasteiger partial charge is 0.491 e. The number of rotatable bonds is 5. The number of carbonyl (C=O) groups is 1. The van der Waals surface area contributed by atoms with Gasteiger partial charge in [0.15, 0.2) is 17.5 Å². The average Bonchev–Trinajstić information content (AvgIpc) is 2.53. The highest BCUT2D eigenvalue weighted by molar-refractivity contribution is 5.94. The smallest absolute Gasteiger partial charge is 0.254 e. The Bertz CT molecular complexity index is 775. The number of hydrogen-bond acceptors (Lipinski definition) is 2. The van der Waals surface area contributed by atoms with Gasteiger partial charge in [-0.2, -0.15) is 0 Å². The Morgan fingerprint density at radius 2 is 1.67 bits per heavy atom. The topological polar surface area (TPSA) is 38.3 Å². The molecule has 1 amide bonds. The summed E-state index contributed by atoms with van der Waals surface area (Å²) in [5.41, 5.74) is 2.66. The van der Waals surface area contributed by atoms with E-state index in [1.54, 1.807) is 0 Å². The standard InChI is InChI=1S/C18H18F3NO2/c1-10-8-12(3)15(9-11(10)2)24-7-6-22-18(23)13-4-5-14(19)17(21)16(13)20/h4-5,8-9H,6-7H2,1-3H3,(H,22,23). The molecular weight excluding hydrogens is 319 g/mol. The second kappa shape index (κ2) is 7.38. The minimum atomic E-state index is -1.66. The Labute approximate surface area is 138 Å². The van der Waals surface area contributed by atoms with E-state index in [1.165, 1.54) is 0 Å². The number of carbonyl (C=O) groups excluding carboxylic acids is 1. The zero-order chi connectivity index (χ0) is 17.9. The molecule has 2 rings (SSSR count). The van der Waals surface area contributed by atoms with E-state index in [0.29, 0.717) is 11.8 Å². The molecule has 0 aromatic heterocycles. The Morgan fingerprint density at radius 1 is 1.00 bits per heavy atom. The lowest BCUT2D eigenvalue weighted by atomic mass is 10.1. The Kier molecular flexibility index (Phi) is 5.49. The number of ether oxygens (including phenoxy) is 1. The van der Waals surface area contributed by atoms with Crippen LogP contribution < -0.4 is 10.1 Å². The maximum atomic E-state index is 13.5. The average molecular weight is 337 g/mol. The van der Waals surface area contributed by atoms with Crippen LogP contribution in [0.1, 0.15) is 27.0 Å². The third-order valence-electron chi connectivity index (χ3n) is 3.72. The van der Waals surface area contributed by atoms with Gasteiger partial charge in [0, 0.05) is 0 Å². The quantitative estimate of drug-likeness (QED) is 0.665. The first-order chi connectivity index (χ1) is 11.3. The SMILES string of the molecule is Cc1cc(C)c(OCCNC(=O)c2ccc(F)c(F)c2F)cc1C. The van der Waals surface area contributed by atoms with Crippen molar-refractivity contribution in [3.8, 4) is 5.75 Å². The van der Waals surface area contributed by atoms with Crippen LogP contribution in [0, 0.1) is 38.2 Å². The molecule has 128 valence electrons. The van der Waals surface area contributed by atoms with Gasteiger partial charge in [-0.15, -0.1) is 0 Å². The summed E-state index contributed by atoms with van der Waals surface area (Å²) in [6.07, 6.45) is 0. The van der Waals surface area contributed by atoms with Crippen molar-refractivity contribution in [1.82, 2.24) is 5.32 Å². The van der Waals surface area contributed by atoms with Gasteiger partial charge in [-0.3, -0.25) is 4.79 Å². The minimum absolute atomic E-state index is 0.101. The molecule has 0 aliphatic rings. The van der Waals surface area contributed by atoms with E-state index >= 15 is 0 Å². The molecule has 6 heteroatoms. The second-order valence-corrected chi connectivity index (χ2v) is 5.53. The number of nitrogens with one attached hydrogen (secondary N) is 1. The lowest BCUT2D eigenvalue weighted by Gasteiger charge is -2.12. The molecule has 24 heavy (non-hydrogen) atoms. The van der Waals surface area contributed by atoms with Crippen LogP contribution in [0.2, 0.25) is 0 Å². The van der Waals surface area contributed by atoms with Gasteiger partial charge < -0.3 is 10.1 Å². The predicted molar refractivity (Wildman–Crippen MR) is 84.8 cm³/mol. The van der Waals surface area contributed by atoms with Crippen molar-refractivity contribution in [1.29, 1.82) is 0 Å². The van der Waals surface area contributed by atoms with Crippen LogP contribution in [0.5, 0.6) is 5.75 Å². The molecule has 0 fully saturated rings. The van der Waals surface area contributed by atoms with Crippen LogP contribution in [0.4, 0.5) is 13.2 Å². The molecule has 0 unspecified atom stereocenters.